The van der Waals surface area contributed by atoms with Crippen LogP contribution in [0.3, 0.4) is 0 Å². The topological polar surface area (TPSA) is 102 Å². The molecule has 3 aromatic carbocycles. The number of benzene rings is 3. The second-order valence-electron chi connectivity index (χ2n) is 8.62. The van der Waals surface area contributed by atoms with Crippen LogP contribution in [0, 0.1) is 13.8 Å². The van der Waals surface area contributed by atoms with Crippen LogP contribution in [-0.4, -0.2) is 40.2 Å². The largest absolute Gasteiger partial charge is 0.449 e. The third kappa shape index (κ3) is 6.10. The van der Waals surface area contributed by atoms with Gasteiger partial charge in [0, 0.05) is 17.4 Å². The summed E-state index contributed by atoms with van der Waals surface area (Å²) in [5.74, 6) is -1.65. The third-order valence-corrected chi connectivity index (χ3v) is 5.82. The molecule has 8 nitrogen and oxygen atoms in total. The number of amides is 2. The normalized spacial score (nSPS) is 11.4. The minimum absolute atomic E-state index is 0.225. The lowest BCUT2D eigenvalue weighted by Gasteiger charge is -2.15. The highest BCUT2D eigenvalue weighted by atomic mass is 16.5. The lowest BCUT2D eigenvalue weighted by atomic mass is 10.1. The van der Waals surface area contributed by atoms with E-state index in [1.54, 1.807) is 10.9 Å². The first-order valence-corrected chi connectivity index (χ1v) is 11.9. The Labute approximate surface area is 215 Å². The Bertz CT molecular complexity index is 1390. The van der Waals surface area contributed by atoms with Gasteiger partial charge in [-0.3, -0.25) is 9.59 Å². The second-order valence-corrected chi connectivity index (χ2v) is 8.62. The number of carbonyl (C=O) groups excluding carboxylic acids is 3. The van der Waals surface area contributed by atoms with Crippen molar-refractivity contribution >= 4 is 23.5 Å². The molecule has 2 amide bonds. The highest BCUT2D eigenvalue weighted by Crippen LogP contribution is 2.25. The quantitative estimate of drug-likeness (QED) is 0.351. The summed E-state index contributed by atoms with van der Waals surface area (Å²) in [6, 6.07) is 24.4. The molecule has 0 saturated carbocycles. The number of aryl methyl sites for hydroxylation is 2. The van der Waals surface area contributed by atoms with E-state index < -0.39 is 18.0 Å². The molecule has 188 valence electrons. The highest BCUT2D eigenvalue weighted by molar-refractivity contribution is 5.99. The van der Waals surface area contributed by atoms with Gasteiger partial charge in [-0.25, -0.2) is 9.48 Å². The van der Waals surface area contributed by atoms with Crippen LogP contribution >= 0.6 is 0 Å². The molecule has 0 fully saturated rings. The standard InChI is InChI=1S/C29H28N4O4/c1-19-11-10-12-20(2)26(19)31-25(34)17-30-28(35)21(3)37-29(36)24-18-33(23-15-8-5-9-16-23)32-27(24)22-13-6-4-7-14-22/h4-16,18,21H,17H2,1-3H3,(H,30,35)(H,31,34). The highest BCUT2D eigenvalue weighted by Gasteiger charge is 2.24. The number of hydrogen-bond donors (Lipinski definition) is 2. The van der Waals surface area contributed by atoms with E-state index in [1.807, 2.05) is 92.7 Å². The molecule has 8 heteroatoms. The van der Waals surface area contributed by atoms with Gasteiger partial charge in [0.2, 0.25) is 5.91 Å². The van der Waals surface area contributed by atoms with Crippen LogP contribution in [0.2, 0.25) is 0 Å². The Morgan fingerprint density at radius 2 is 1.51 bits per heavy atom. The van der Waals surface area contributed by atoms with E-state index >= 15 is 0 Å². The van der Waals surface area contributed by atoms with E-state index in [9.17, 15) is 14.4 Å². The molecule has 1 heterocycles. The van der Waals surface area contributed by atoms with E-state index in [4.69, 9.17) is 4.74 Å². The van der Waals surface area contributed by atoms with E-state index in [0.29, 0.717) is 11.4 Å². The van der Waals surface area contributed by atoms with Crippen molar-refractivity contribution in [2.75, 3.05) is 11.9 Å². The molecule has 1 unspecified atom stereocenters. The van der Waals surface area contributed by atoms with Crippen LogP contribution in [0.15, 0.2) is 85.1 Å². The number of aromatic nitrogens is 2. The molecule has 0 aliphatic heterocycles. The first-order valence-electron chi connectivity index (χ1n) is 11.9. The molecule has 1 aromatic heterocycles. The summed E-state index contributed by atoms with van der Waals surface area (Å²) in [6.07, 6.45) is 0.465. The van der Waals surface area contributed by atoms with E-state index in [-0.39, 0.29) is 18.0 Å². The van der Waals surface area contributed by atoms with Gasteiger partial charge in [-0.1, -0.05) is 66.7 Å². The van der Waals surface area contributed by atoms with Crippen LogP contribution in [0.4, 0.5) is 5.69 Å². The Morgan fingerprint density at radius 1 is 0.892 bits per heavy atom. The average molecular weight is 497 g/mol. The predicted molar refractivity (Wildman–Crippen MR) is 141 cm³/mol. The minimum Gasteiger partial charge on any atom is -0.449 e. The maximum absolute atomic E-state index is 13.1. The number of rotatable bonds is 8. The number of nitrogens with zero attached hydrogens (tertiary/aromatic N) is 2. The van der Waals surface area contributed by atoms with Gasteiger partial charge in [-0.05, 0) is 44.0 Å². The molecule has 0 radical (unpaired) electrons. The zero-order valence-corrected chi connectivity index (χ0v) is 20.9. The van der Waals surface area contributed by atoms with Crippen LogP contribution in [-0.2, 0) is 14.3 Å². The smallest absolute Gasteiger partial charge is 0.342 e. The molecule has 0 spiro atoms. The molecule has 37 heavy (non-hydrogen) atoms. The van der Waals surface area contributed by atoms with Crippen LogP contribution in [0.5, 0.6) is 0 Å². The van der Waals surface area contributed by atoms with Gasteiger partial charge in [0.15, 0.2) is 6.10 Å². The number of ether oxygens (including phenoxy) is 1. The molecule has 2 N–H and O–H groups in total. The molecule has 4 rings (SSSR count). The molecular weight excluding hydrogens is 468 g/mol. The summed E-state index contributed by atoms with van der Waals surface area (Å²) in [5, 5.41) is 9.94. The summed E-state index contributed by atoms with van der Waals surface area (Å²) >= 11 is 0. The Kier molecular flexibility index (Phi) is 7.78. The molecule has 0 saturated heterocycles. The van der Waals surface area contributed by atoms with E-state index in [2.05, 4.69) is 15.7 Å². The summed E-state index contributed by atoms with van der Waals surface area (Å²) in [7, 11) is 0. The first-order chi connectivity index (χ1) is 17.8. The van der Waals surface area contributed by atoms with Crippen molar-refractivity contribution in [1.82, 2.24) is 15.1 Å². The van der Waals surface area contributed by atoms with Gasteiger partial charge < -0.3 is 15.4 Å². The van der Waals surface area contributed by atoms with Gasteiger partial charge in [0.25, 0.3) is 5.91 Å². The summed E-state index contributed by atoms with van der Waals surface area (Å²) < 4.78 is 7.06. The fraction of sp³-hybridized carbons (Fsp3) is 0.172. The number of anilines is 1. The lowest BCUT2D eigenvalue weighted by Crippen LogP contribution is -2.40. The summed E-state index contributed by atoms with van der Waals surface area (Å²) in [6.45, 7) is 4.99. The van der Waals surface area contributed by atoms with Gasteiger partial charge in [-0.15, -0.1) is 0 Å². The van der Waals surface area contributed by atoms with Crippen molar-refractivity contribution in [2.24, 2.45) is 0 Å². The van der Waals surface area contributed by atoms with E-state index in [1.165, 1.54) is 6.92 Å². The molecule has 0 aliphatic carbocycles. The fourth-order valence-electron chi connectivity index (χ4n) is 3.83. The van der Waals surface area contributed by atoms with E-state index in [0.717, 1.165) is 22.4 Å². The zero-order chi connectivity index (χ0) is 26.4. The molecule has 1 atom stereocenters. The molecule has 4 aromatic rings. The summed E-state index contributed by atoms with van der Waals surface area (Å²) in [5.41, 5.74) is 4.74. The van der Waals surface area contributed by atoms with Crippen LogP contribution < -0.4 is 10.6 Å². The lowest BCUT2D eigenvalue weighted by molar-refractivity contribution is -0.130. The van der Waals surface area contributed by atoms with Gasteiger partial charge in [0.1, 0.15) is 11.3 Å². The summed E-state index contributed by atoms with van der Waals surface area (Å²) in [4.78, 5) is 38.1. The van der Waals surface area contributed by atoms with Crippen molar-refractivity contribution in [1.29, 1.82) is 0 Å². The number of esters is 1. The Morgan fingerprint density at radius 3 is 2.16 bits per heavy atom. The number of carbonyl (C=O) groups is 3. The minimum atomic E-state index is -1.12. The van der Waals surface area contributed by atoms with Crippen molar-refractivity contribution < 1.29 is 19.1 Å². The van der Waals surface area contributed by atoms with Crippen LogP contribution in [0.25, 0.3) is 16.9 Å². The number of hydrogen-bond acceptors (Lipinski definition) is 5. The van der Waals surface area contributed by atoms with Crippen LogP contribution in [0.1, 0.15) is 28.4 Å². The van der Waals surface area contributed by atoms with Crippen molar-refractivity contribution in [3.63, 3.8) is 0 Å². The monoisotopic (exact) mass is 496 g/mol. The predicted octanol–water partition coefficient (Wildman–Crippen LogP) is 4.46. The second kappa shape index (κ2) is 11.3. The third-order valence-electron chi connectivity index (χ3n) is 5.82. The van der Waals surface area contributed by atoms with Gasteiger partial charge in [0.05, 0.1) is 12.2 Å². The van der Waals surface area contributed by atoms with Crippen molar-refractivity contribution in [2.45, 2.75) is 26.9 Å². The fourth-order valence-corrected chi connectivity index (χ4v) is 3.83. The first kappa shape index (κ1) is 25.4. The Balaban J connectivity index is 1.43. The maximum Gasteiger partial charge on any atom is 0.342 e. The molecular formula is C29H28N4O4. The van der Waals surface area contributed by atoms with Gasteiger partial charge >= 0.3 is 5.97 Å². The zero-order valence-electron chi connectivity index (χ0n) is 20.9. The average Bonchev–Trinajstić information content (AvgIpc) is 3.36. The SMILES string of the molecule is Cc1cccc(C)c1NC(=O)CNC(=O)C(C)OC(=O)c1cn(-c2ccccc2)nc1-c1ccccc1. The maximum atomic E-state index is 13.1. The van der Waals surface area contributed by atoms with Crippen molar-refractivity contribution in [3.8, 4) is 16.9 Å². The Hall–Kier alpha value is -4.72. The van der Waals surface area contributed by atoms with Crippen molar-refractivity contribution in [3.05, 3.63) is 102 Å². The van der Waals surface area contributed by atoms with Gasteiger partial charge in [-0.2, -0.15) is 5.10 Å². The molecule has 0 aliphatic rings. The molecule has 0 bridgehead atoms. The number of nitrogens with one attached hydrogen (secondary N) is 2. The number of para-hydroxylation sites is 2.